The lowest BCUT2D eigenvalue weighted by molar-refractivity contribution is -0.177. The smallest absolute Gasteiger partial charge is 0.365 e. The van der Waals surface area contributed by atoms with E-state index in [1.165, 1.54) is 4.80 Å². The third-order valence-electron chi connectivity index (χ3n) is 5.01. The number of aromatic nitrogens is 3. The van der Waals surface area contributed by atoms with E-state index in [-0.39, 0.29) is 5.69 Å². The normalized spacial score (nSPS) is 28.1. The molecular weight excluding hydrogens is 352 g/mol. The van der Waals surface area contributed by atoms with Crippen molar-refractivity contribution in [3.8, 4) is 5.69 Å². The number of nitrogens with zero attached hydrogens (tertiary/aromatic N) is 4. The van der Waals surface area contributed by atoms with Gasteiger partial charge in [-0.2, -0.15) is 9.90 Å². The second-order valence-electron chi connectivity index (χ2n) is 6.61. The van der Waals surface area contributed by atoms with Crippen LogP contribution in [0.3, 0.4) is 0 Å². The van der Waals surface area contributed by atoms with Crippen molar-refractivity contribution in [2.24, 2.45) is 11.8 Å². The van der Waals surface area contributed by atoms with Crippen molar-refractivity contribution < 1.29 is 24.0 Å². The molecule has 1 aromatic carbocycles. The molecule has 2 aromatic rings. The van der Waals surface area contributed by atoms with Gasteiger partial charge < -0.3 is 9.57 Å². The van der Waals surface area contributed by atoms with E-state index in [1.54, 1.807) is 31.2 Å². The number of rotatable bonds is 3. The molecule has 4 heterocycles. The van der Waals surface area contributed by atoms with E-state index in [0.717, 1.165) is 0 Å². The van der Waals surface area contributed by atoms with Gasteiger partial charge in [-0.05, 0) is 19.1 Å². The quantitative estimate of drug-likeness (QED) is 0.578. The summed E-state index contributed by atoms with van der Waals surface area (Å²) in [7, 11) is 0. The minimum atomic E-state index is -0.905. The Morgan fingerprint density at radius 3 is 2.30 bits per heavy atom. The van der Waals surface area contributed by atoms with Crippen LogP contribution in [-0.4, -0.2) is 50.0 Å². The molecule has 27 heavy (non-hydrogen) atoms. The second kappa shape index (κ2) is 5.58. The number of amides is 2. The number of carbonyl (C=O) groups excluding carboxylic acids is 3. The number of benzene rings is 1. The van der Waals surface area contributed by atoms with Gasteiger partial charge in [-0.3, -0.25) is 9.59 Å². The minimum absolute atomic E-state index is 0.0612. The Morgan fingerprint density at radius 1 is 1.04 bits per heavy atom. The first kappa shape index (κ1) is 15.9. The summed E-state index contributed by atoms with van der Waals surface area (Å²) in [6.07, 6.45) is 2.64. The zero-order valence-electron chi connectivity index (χ0n) is 14.2. The van der Waals surface area contributed by atoms with Crippen LogP contribution in [0.1, 0.15) is 16.2 Å². The summed E-state index contributed by atoms with van der Waals surface area (Å²) in [5.41, 5.74) is 0.935. The van der Waals surface area contributed by atoms with Crippen molar-refractivity contribution in [3.05, 3.63) is 53.9 Å². The molecule has 0 N–H and O–H groups in total. The number of hydrogen-bond donors (Lipinski definition) is 0. The van der Waals surface area contributed by atoms with Crippen molar-refractivity contribution >= 4 is 17.8 Å². The van der Waals surface area contributed by atoms with Crippen LogP contribution >= 0.6 is 0 Å². The van der Waals surface area contributed by atoms with Gasteiger partial charge in [0.25, 0.3) is 11.8 Å². The topological polar surface area (TPSA) is 104 Å². The summed E-state index contributed by atoms with van der Waals surface area (Å²) in [5, 5.41) is 8.87. The first-order chi connectivity index (χ1) is 13.0. The van der Waals surface area contributed by atoms with Gasteiger partial charge in [0, 0.05) is 0 Å². The molecule has 5 rings (SSSR count). The van der Waals surface area contributed by atoms with Crippen molar-refractivity contribution in [2.45, 2.75) is 19.1 Å². The van der Waals surface area contributed by atoms with E-state index in [9.17, 15) is 14.4 Å². The monoisotopic (exact) mass is 366 g/mol. The highest BCUT2D eigenvalue weighted by Gasteiger charge is 2.62. The number of ether oxygens (including phenoxy) is 1. The van der Waals surface area contributed by atoms with Crippen molar-refractivity contribution in [1.29, 1.82) is 0 Å². The predicted molar refractivity (Wildman–Crippen MR) is 88.1 cm³/mol. The van der Waals surface area contributed by atoms with E-state index in [2.05, 4.69) is 10.2 Å². The lowest BCUT2D eigenvalue weighted by atomic mass is 9.85. The largest absolute Gasteiger partial charge is 0.385 e. The number of fused-ring (bicyclic) bond motifs is 5. The van der Waals surface area contributed by atoms with Gasteiger partial charge in [0.2, 0.25) is 0 Å². The van der Waals surface area contributed by atoms with Crippen LogP contribution in [0.5, 0.6) is 0 Å². The van der Waals surface area contributed by atoms with E-state index >= 15 is 0 Å². The molecule has 9 heteroatoms. The molecule has 9 nitrogen and oxygen atoms in total. The fourth-order valence-electron chi connectivity index (χ4n) is 3.74. The first-order valence-electron chi connectivity index (χ1n) is 8.48. The van der Waals surface area contributed by atoms with Crippen molar-refractivity contribution in [1.82, 2.24) is 20.1 Å². The number of hydroxylamine groups is 2. The summed E-state index contributed by atoms with van der Waals surface area (Å²) in [6.45, 7) is 1.60. The molecule has 2 fully saturated rings. The van der Waals surface area contributed by atoms with Gasteiger partial charge in [0.15, 0.2) is 5.69 Å². The van der Waals surface area contributed by atoms with Gasteiger partial charge in [0.1, 0.15) is 0 Å². The van der Waals surface area contributed by atoms with Crippen LogP contribution in [0.2, 0.25) is 0 Å². The Bertz CT molecular complexity index is 968. The highest BCUT2D eigenvalue weighted by Crippen LogP contribution is 2.45. The maximum absolute atomic E-state index is 12.5. The number of hydrogen-bond acceptors (Lipinski definition) is 7. The van der Waals surface area contributed by atoms with Gasteiger partial charge >= 0.3 is 5.97 Å². The molecule has 136 valence electrons. The SMILES string of the molecule is Cc1nn(-c2ccccc2)nc1C(=O)ON1C(=O)C2C3C=CC(O3)C2C1=O. The van der Waals surface area contributed by atoms with Gasteiger partial charge in [-0.1, -0.05) is 30.4 Å². The van der Waals surface area contributed by atoms with E-state index < -0.39 is 41.8 Å². The average Bonchev–Trinajstić information content (AvgIpc) is 3.43. The molecule has 0 spiro atoms. The third kappa shape index (κ3) is 2.25. The summed E-state index contributed by atoms with van der Waals surface area (Å²) < 4.78 is 5.54. The van der Waals surface area contributed by atoms with Crippen LogP contribution in [0.4, 0.5) is 0 Å². The summed E-state index contributed by atoms with van der Waals surface area (Å²) in [4.78, 5) is 44.0. The van der Waals surface area contributed by atoms with Crippen LogP contribution in [0.25, 0.3) is 5.69 Å². The molecule has 2 saturated heterocycles. The zero-order valence-corrected chi connectivity index (χ0v) is 14.2. The standard InChI is InChI=1S/C18H14N4O5/c1-9-15(20-22(19-9)10-5-3-2-4-6-10)18(25)27-21-16(23)13-11-7-8-12(26-11)14(13)17(21)24/h2-8,11-14H,1H3. The predicted octanol–water partition coefficient (Wildman–Crippen LogP) is 0.586. The maximum Gasteiger partial charge on any atom is 0.385 e. The van der Waals surface area contributed by atoms with Gasteiger partial charge in [-0.15, -0.1) is 10.2 Å². The van der Waals surface area contributed by atoms with Gasteiger partial charge in [-0.25, -0.2) is 4.79 Å². The molecule has 3 aliphatic heterocycles. The Kier molecular flexibility index (Phi) is 3.28. The Balaban J connectivity index is 1.38. The molecule has 0 aliphatic carbocycles. The molecule has 3 aliphatic rings. The van der Waals surface area contributed by atoms with Crippen molar-refractivity contribution in [2.75, 3.05) is 0 Å². The lowest BCUT2D eigenvalue weighted by Gasteiger charge is -2.15. The van der Waals surface area contributed by atoms with Crippen LogP contribution in [-0.2, 0) is 19.2 Å². The highest BCUT2D eigenvalue weighted by molar-refractivity contribution is 6.07. The third-order valence-corrected chi connectivity index (χ3v) is 5.01. The lowest BCUT2D eigenvalue weighted by Crippen LogP contribution is -2.36. The number of para-hydroxylation sites is 1. The molecule has 4 unspecified atom stereocenters. The first-order valence-corrected chi connectivity index (χ1v) is 8.48. The molecular formula is C18H14N4O5. The molecule has 1 aromatic heterocycles. The molecule has 2 amide bonds. The molecule has 0 radical (unpaired) electrons. The van der Waals surface area contributed by atoms with E-state index in [0.29, 0.717) is 16.4 Å². The summed E-state index contributed by atoms with van der Waals surface area (Å²) >= 11 is 0. The number of aryl methyl sites for hydroxylation is 1. The molecule has 4 atom stereocenters. The summed E-state index contributed by atoms with van der Waals surface area (Å²) in [5.74, 6) is -3.31. The Hall–Kier alpha value is -3.33. The fourth-order valence-corrected chi connectivity index (χ4v) is 3.74. The Morgan fingerprint density at radius 2 is 1.67 bits per heavy atom. The zero-order chi connectivity index (χ0) is 18.7. The van der Waals surface area contributed by atoms with Crippen LogP contribution < -0.4 is 0 Å². The van der Waals surface area contributed by atoms with Crippen LogP contribution in [0, 0.1) is 18.8 Å². The fraction of sp³-hybridized carbons (Fsp3) is 0.278. The maximum atomic E-state index is 12.5. The number of imide groups is 1. The Labute approximate surface area is 153 Å². The van der Waals surface area contributed by atoms with E-state index in [1.807, 2.05) is 18.2 Å². The second-order valence-corrected chi connectivity index (χ2v) is 6.61. The van der Waals surface area contributed by atoms with E-state index in [4.69, 9.17) is 9.57 Å². The summed E-state index contributed by atoms with van der Waals surface area (Å²) in [6, 6.07) is 9.05. The molecule has 2 bridgehead atoms. The molecule has 0 saturated carbocycles. The van der Waals surface area contributed by atoms with Gasteiger partial charge in [0.05, 0.1) is 35.4 Å². The number of carbonyl (C=O) groups is 3. The minimum Gasteiger partial charge on any atom is -0.365 e. The average molecular weight is 366 g/mol. The van der Waals surface area contributed by atoms with Crippen molar-refractivity contribution in [3.63, 3.8) is 0 Å². The van der Waals surface area contributed by atoms with Crippen LogP contribution in [0.15, 0.2) is 42.5 Å². The highest BCUT2D eigenvalue weighted by atomic mass is 16.7.